The minimum absolute atomic E-state index is 0.0930. The first-order valence-electron chi connectivity index (χ1n) is 8.12. The lowest BCUT2D eigenvalue weighted by Gasteiger charge is -2.29. The van der Waals surface area contributed by atoms with Crippen LogP contribution in [-0.2, 0) is 17.8 Å². The summed E-state index contributed by atoms with van der Waals surface area (Å²) in [5.74, 6) is -0.0930. The molecule has 1 unspecified atom stereocenters. The van der Waals surface area contributed by atoms with E-state index in [2.05, 4.69) is 4.98 Å². The lowest BCUT2D eigenvalue weighted by atomic mass is 10.0. The number of nitrogens with two attached hydrogens (primary N) is 1. The highest BCUT2D eigenvalue weighted by Gasteiger charge is 2.28. The highest BCUT2D eigenvalue weighted by atomic mass is 35.5. The maximum atomic E-state index is 12.8. The van der Waals surface area contributed by atoms with Gasteiger partial charge in [-0.25, -0.2) is 0 Å². The van der Waals surface area contributed by atoms with Gasteiger partial charge in [-0.15, -0.1) is 0 Å². The SMILES string of the molecule is NC(C(=O)N1CCc2c([nH]c3ccc(Cl)cc23)C1)c1cccc(Cl)c1. The topological polar surface area (TPSA) is 62.1 Å². The van der Waals surface area contributed by atoms with Gasteiger partial charge >= 0.3 is 0 Å². The number of hydrogen-bond acceptors (Lipinski definition) is 2. The number of halogens is 2. The van der Waals surface area contributed by atoms with Crippen molar-refractivity contribution in [3.8, 4) is 0 Å². The normalized spacial score (nSPS) is 15.2. The summed E-state index contributed by atoms with van der Waals surface area (Å²) in [6.07, 6.45) is 0.781. The quantitative estimate of drug-likeness (QED) is 0.711. The summed E-state index contributed by atoms with van der Waals surface area (Å²) >= 11 is 12.1. The highest BCUT2D eigenvalue weighted by Crippen LogP contribution is 2.30. The van der Waals surface area contributed by atoms with Crippen LogP contribution in [0.4, 0.5) is 0 Å². The predicted molar refractivity (Wildman–Crippen MR) is 101 cm³/mol. The molecule has 1 aliphatic heterocycles. The number of hydrogen-bond donors (Lipinski definition) is 2. The maximum Gasteiger partial charge on any atom is 0.244 e. The van der Waals surface area contributed by atoms with Gasteiger partial charge in [-0.2, -0.15) is 0 Å². The first-order chi connectivity index (χ1) is 12.0. The van der Waals surface area contributed by atoms with E-state index in [1.54, 1.807) is 23.1 Å². The Morgan fingerprint density at radius 1 is 1.16 bits per heavy atom. The minimum atomic E-state index is -0.709. The number of benzene rings is 2. The van der Waals surface area contributed by atoms with E-state index < -0.39 is 6.04 Å². The smallest absolute Gasteiger partial charge is 0.244 e. The molecule has 6 heteroatoms. The van der Waals surface area contributed by atoms with Crippen LogP contribution in [0, 0.1) is 0 Å². The molecule has 25 heavy (non-hydrogen) atoms. The Morgan fingerprint density at radius 3 is 2.76 bits per heavy atom. The number of amides is 1. The van der Waals surface area contributed by atoms with Gasteiger partial charge in [-0.05, 0) is 47.9 Å². The molecule has 1 atom stereocenters. The summed E-state index contributed by atoms with van der Waals surface area (Å²) in [7, 11) is 0. The molecular formula is C19H17Cl2N3O. The van der Waals surface area contributed by atoms with Crippen LogP contribution in [-0.4, -0.2) is 22.3 Å². The fraction of sp³-hybridized carbons (Fsp3) is 0.211. The van der Waals surface area contributed by atoms with E-state index >= 15 is 0 Å². The molecule has 4 nitrogen and oxygen atoms in total. The standard InChI is InChI=1S/C19H17Cl2N3O/c20-12-3-1-2-11(8-12)18(22)19(25)24-7-6-14-15-9-13(21)4-5-16(15)23-17(14)10-24/h1-5,8-9,18,23H,6-7,10,22H2. The van der Waals surface area contributed by atoms with Gasteiger partial charge in [0.15, 0.2) is 0 Å². The number of aromatic nitrogens is 1. The van der Waals surface area contributed by atoms with Crippen LogP contribution >= 0.6 is 23.2 Å². The van der Waals surface area contributed by atoms with Gasteiger partial charge < -0.3 is 15.6 Å². The van der Waals surface area contributed by atoms with Gasteiger partial charge in [0, 0.05) is 33.2 Å². The van der Waals surface area contributed by atoms with Crippen molar-refractivity contribution in [3.05, 3.63) is 69.3 Å². The average Bonchev–Trinajstić information content (AvgIpc) is 2.97. The molecule has 2 heterocycles. The van der Waals surface area contributed by atoms with Gasteiger partial charge in [0.1, 0.15) is 6.04 Å². The van der Waals surface area contributed by atoms with E-state index in [4.69, 9.17) is 28.9 Å². The van der Waals surface area contributed by atoms with Crippen molar-refractivity contribution in [2.24, 2.45) is 5.73 Å². The number of aromatic amines is 1. The zero-order valence-corrected chi connectivity index (χ0v) is 14.9. The third-order valence-corrected chi connectivity index (χ3v) is 5.19. The van der Waals surface area contributed by atoms with E-state index in [1.165, 1.54) is 5.56 Å². The molecule has 0 saturated carbocycles. The highest BCUT2D eigenvalue weighted by molar-refractivity contribution is 6.31. The largest absolute Gasteiger partial charge is 0.357 e. The molecule has 3 N–H and O–H groups in total. The number of fused-ring (bicyclic) bond motifs is 3. The van der Waals surface area contributed by atoms with E-state index in [0.29, 0.717) is 18.1 Å². The molecule has 0 bridgehead atoms. The Morgan fingerprint density at radius 2 is 1.96 bits per heavy atom. The first-order valence-corrected chi connectivity index (χ1v) is 8.87. The second-order valence-corrected chi connectivity index (χ2v) is 7.19. The summed E-state index contributed by atoms with van der Waals surface area (Å²) in [6, 6.07) is 12.2. The number of H-pyrrole nitrogens is 1. The summed E-state index contributed by atoms with van der Waals surface area (Å²) in [5.41, 5.74) is 10.2. The van der Waals surface area contributed by atoms with Crippen molar-refractivity contribution in [1.82, 2.24) is 9.88 Å². The van der Waals surface area contributed by atoms with Crippen LogP contribution in [0.25, 0.3) is 10.9 Å². The lowest BCUT2D eigenvalue weighted by molar-refractivity contribution is -0.133. The van der Waals surface area contributed by atoms with Crippen LogP contribution in [0.5, 0.6) is 0 Å². The molecule has 128 valence electrons. The molecule has 0 radical (unpaired) electrons. The van der Waals surface area contributed by atoms with Crippen molar-refractivity contribution in [3.63, 3.8) is 0 Å². The third-order valence-electron chi connectivity index (χ3n) is 4.72. The van der Waals surface area contributed by atoms with Crippen molar-refractivity contribution >= 4 is 40.0 Å². The van der Waals surface area contributed by atoms with Crippen molar-refractivity contribution in [2.75, 3.05) is 6.54 Å². The molecule has 0 aliphatic carbocycles. The number of carbonyl (C=O) groups is 1. The Labute approximate surface area is 155 Å². The second-order valence-electron chi connectivity index (χ2n) is 6.31. The molecular weight excluding hydrogens is 357 g/mol. The summed E-state index contributed by atoms with van der Waals surface area (Å²) in [4.78, 5) is 18.0. The van der Waals surface area contributed by atoms with Crippen LogP contribution < -0.4 is 5.73 Å². The Balaban J connectivity index is 1.59. The molecule has 0 saturated heterocycles. The fourth-order valence-corrected chi connectivity index (χ4v) is 3.81. The molecule has 0 spiro atoms. The Bertz CT molecular complexity index is 966. The van der Waals surface area contributed by atoms with Crippen LogP contribution in [0.2, 0.25) is 10.0 Å². The molecule has 2 aromatic carbocycles. The number of nitrogens with one attached hydrogen (secondary N) is 1. The van der Waals surface area contributed by atoms with Crippen LogP contribution in [0.1, 0.15) is 22.9 Å². The first kappa shape index (κ1) is 16.5. The summed E-state index contributed by atoms with van der Waals surface area (Å²) in [6.45, 7) is 1.16. The Hall–Kier alpha value is -2.01. The number of rotatable bonds is 2. The monoisotopic (exact) mass is 373 g/mol. The molecule has 1 amide bonds. The van der Waals surface area contributed by atoms with Crippen molar-refractivity contribution in [2.45, 2.75) is 19.0 Å². The van der Waals surface area contributed by atoms with Gasteiger partial charge in [-0.3, -0.25) is 4.79 Å². The minimum Gasteiger partial charge on any atom is -0.357 e. The van der Waals surface area contributed by atoms with Crippen molar-refractivity contribution < 1.29 is 4.79 Å². The second kappa shape index (κ2) is 6.37. The molecule has 1 aliphatic rings. The number of carbonyl (C=O) groups excluding carboxylic acids is 1. The molecule has 3 aromatic rings. The van der Waals surface area contributed by atoms with Gasteiger partial charge in [0.05, 0.1) is 6.54 Å². The van der Waals surface area contributed by atoms with E-state index in [-0.39, 0.29) is 5.91 Å². The lowest BCUT2D eigenvalue weighted by Crippen LogP contribution is -2.41. The number of nitrogens with zero attached hydrogens (tertiary/aromatic N) is 1. The zero-order valence-electron chi connectivity index (χ0n) is 13.4. The fourth-order valence-electron chi connectivity index (χ4n) is 3.44. The van der Waals surface area contributed by atoms with Crippen LogP contribution in [0.3, 0.4) is 0 Å². The summed E-state index contributed by atoms with van der Waals surface area (Å²) < 4.78 is 0. The molecule has 0 fully saturated rings. The maximum absolute atomic E-state index is 12.8. The van der Waals surface area contributed by atoms with E-state index in [9.17, 15) is 4.79 Å². The van der Waals surface area contributed by atoms with Crippen molar-refractivity contribution in [1.29, 1.82) is 0 Å². The van der Waals surface area contributed by atoms with E-state index in [0.717, 1.165) is 33.6 Å². The predicted octanol–water partition coefficient (Wildman–Crippen LogP) is 4.06. The van der Waals surface area contributed by atoms with E-state index in [1.807, 2.05) is 24.3 Å². The van der Waals surface area contributed by atoms with Gasteiger partial charge in [-0.1, -0.05) is 35.3 Å². The van der Waals surface area contributed by atoms with Gasteiger partial charge in [0.25, 0.3) is 0 Å². The van der Waals surface area contributed by atoms with Crippen LogP contribution in [0.15, 0.2) is 42.5 Å². The third kappa shape index (κ3) is 3.01. The Kier molecular flexibility index (Phi) is 4.20. The molecule has 4 rings (SSSR count). The van der Waals surface area contributed by atoms with Gasteiger partial charge in [0.2, 0.25) is 5.91 Å². The average molecular weight is 374 g/mol. The molecule has 1 aromatic heterocycles. The zero-order chi connectivity index (χ0) is 17.6. The summed E-state index contributed by atoms with van der Waals surface area (Å²) in [5, 5.41) is 2.43.